The molecule has 0 amide bonds. The molecule has 136 valence electrons. The Balaban J connectivity index is 0.00000208. The minimum absolute atomic E-state index is 0. The molecular formula is C17H29IN4OS. The summed E-state index contributed by atoms with van der Waals surface area (Å²) in [6, 6.07) is 4.33. The largest absolute Gasteiger partial charge is 0.388 e. The van der Waals surface area contributed by atoms with Crippen LogP contribution >= 0.6 is 35.3 Å². The van der Waals surface area contributed by atoms with Crippen LogP contribution in [0.3, 0.4) is 0 Å². The normalized spacial score (nSPS) is 21.1. The second kappa shape index (κ2) is 9.35. The first-order valence-electron chi connectivity index (χ1n) is 8.69. The molecule has 3 rings (SSSR count). The number of hydrogen-bond acceptors (Lipinski definition) is 4. The van der Waals surface area contributed by atoms with Crippen LogP contribution in [0.15, 0.2) is 22.5 Å². The highest BCUT2D eigenvalue weighted by Gasteiger charge is 2.34. The molecule has 2 fully saturated rings. The molecule has 1 aromatic rings. The van der Waals surface area contributed by atoms with E-state index in [0.717, 1.165) is 64.5 Å². The smallest absolute Gasteiger partial charge is 0.194 e. The standard InChI is InChI=1S/C17H28N4OS.HI/c1-2-18-16(19-14-17(22)6-4-7-17)21-10-8-20(9-11-21)13-15-5-3-12-23-15;/h3,5,12,22H,2,4,6-11,13-14H2,1H3,(H,18,19);1H. The van der Waals surface area contributed by atoms with Gasteiger partial charge in [0, 0.05) is 44.1 Å². The number of nitrogens with zero attached hydrogens (tertiary/aromatic N) is 3. The molecule has 24 heavy (non-hydrogen) atoms. The Hall–Kier alpha value is -0.380. The first-order valence-corrected chi connectivity index (χ1v) is 9.57. The van der Waals surface area contributed by atoms with Crippen LogP contribution in [0.4, 0.5) is 0 Å². The fourth-order valence-electron chi connectivity index (χ4n) is 3.13. The van der Waals surface area contributed by atoms with Gasteiger partial charge in [0.1, 0.15) is 0 Å². The Morgan fingerprint density at radius 1 is 1.33 bits per heavy atom. The van der Waals surface area contributed by atoms with Crippen LogP contribution in [-0.4, -0.2) is 65.7 Å². The van der Waals surface area contributed by atoms with E-state index >= 15 is 0 Å². The summed E-state index contributed by atoms with van der Waals surface area (Å²) < 4.78 is 0. The second-order valence-corrected chi connectivity index (χ2v) is 7.62. The number of halogens is 1. The predicted octanol–water partition coefficient (Wildman–Crippen LogP) is 2.36. The van der Waals surface area contributed by atoms with E-state index in [4.69, 9.17) is 4.99 Å². The van der Waals surface area contributed by atoms with Crippen LogP contribution in [0.25, 0.3) is 0 Å². The van der Waals surface area contributed by atoms with Gasteiger partial charge in [-0.1, -0.05) is 6.07 Å². The third-order valence-corrected chi connectivity index (χ3v) is 5.63. The Morgan fingerprint density at radius 3 is 2.62 bits per heavy atom. The Bertz CT molecular complexity index is 511. The molecule has 0 unspecified atom stereocenters. The zero-order valence-corrected chi connectivity index (χ0v) is 17.6. The van der Waals surface area contributed by atoms with E-state index in [-0.39, 0.29) is 24.0 Å². The lowest BCUT2D eigenvalue weighted by atomic mass is 9.80. The average Bonchev–Trinajstić information content (AvgIpc) is 3.03. The number of rotatable bonds is 5. The predicted molar refractivity (Wildman–Crippen MR) is 111 cm³/mol. The van der Waals surface area contributed by atoms with E-state index in [1.165, 1.54) is 4.88 Å². The number of hydrogen-bond donors (Lipinski definition) is 2. The zero-order valence-electron chi connectivity index (χ0n) is 14.4. The SMILES string of the molecule is CCNC(=NCC1(O)CCC1)N1CCN(Cc2cccs2)CC1.I. The lowest BCUT2D eigenvalue weighted by Crippen LogP contribution is -2.52. The van der Waals surface area contributed by atoms with E-state index in [1.807, 2.05) is 11.3 Å². The van der Waals surface area contributed by atoms with Gasteiger partial charge in [-0.25, -0.2) is 0 Å². The number of aliphatic hydroxyl groups is 1. The molecule has 0 bridgehead atoms. The van der Waals surface area contributed by atoms with Crippen molar-refractivity contribution in [3.8, 4) is 0 Å². The number of nitrogens with one attached hydrogen (secondary N) is 1. The zero-order chi connectivity index (χ0) is 16.1. The first kappa shape index (κ1) is 19.9. The number of aliphatic imine (C=N–C) groups is 1. The summed E-state index contributed by atoms with van der Waals surface area (Å²) in [5.74, 6) is 0.962. The molecule has 1 saturated carbocycles. The molecule has 1 aromatic heterocycles. The lowest BCUT2D eigenvalue weighted by molar-refractivity contribution is -0.0238. The van der Waals surface area contributed by atoms with Crippen LogP contribution in [-0.2, 0) is 6.54 Å². The molecule has 0 atom stereocenters. The van der Waals surface area contributed by atoms with Gasteiger partial charge in [0.2, 0.25) is 0 Å². The van der Waals surface area contributed by atoms with Gasteiger partial charge in [0.15, 0.2) is 5.96 Å². The highest BCUT2D eigenvalue weighted by Crippen LogP contribution is 2.31. The molecule has 2 N–H and O–H groups in total. The van der Waals surface area contributed by atoms with Gasteiger partial charge >= 0.3 is 0 Å². The number of guanidine groups is 1. The van der Waals surface area contributed by atoms with Gasteiger partial charge in [-0.3, -0.25) is 9.89 Å². The Labute approximate surface area is 166 Å². The molecule has 1 aliphatic carbocycles. The molecule has 1 saturated heterocycles. The Kier molecular flexibility index (Phi) is 7.77. The van der Waals surface area contributed by atoms with Crippen molar-refractivity contribution in [1.82, 2.24) is 15.1 Å². The fourth-order valence-corrected chi connectivity index (χ4v) is 3.88. The van der Waals surface area contributed by atoms with Gasteiger partial charge in [-0.15, -0.1) is 35.3 Å². The van der Waals surface area contributed by atoms with E-state index in [1.54, 1.807) is 0 Å². The summed E-state index contributed by atoms with van der Waals surface area (Å²) in [7, 11) is 0. The summed E-state index contributed by atoms with van der Waals surface area (Å²) in [6.07, 6.45) is 2.92. The maximum atomic E-state index is 10.3. The third kappa shape index (κ3) is 5.31. The van der Waals surface area contributed by atoms with Crippen molar-refractivity contribution in [3.05, 3.63) is 22.4 Å². The summed E-state index contributed by atoms with van der Waals surface area (Å²) >= 11 is 1.83. The van der Waals surface area contributed by atoms with E-state index in [0.29, 0.717) is 6.54 Å². The monoisotopic (exact) mass is 464 g/mol. The van der Waals surface area contributed by atoms with Crippen molar-refractivity contribution < 1.29 is 5.11 Å². The van der Waals surface area contributed by atoms with Gasteiger partial charge in [0.25, 0.3) is 0 Å². The minimum Gasteiger partial charge on any atom is -0.388 e. The van der Waals surface area contributed by atoms with Gasteiger partial charge in [-0.2, -0.15) is 0 Å². The van der Waals surface area contributed by atoms with Gasteiger partial charge in [0.05, 0.1) is 12.1 Å². The number of piperazine rings is 1. The highest BCUT2D eigenvalue weighted by atomic mass is 127. The van der Waals surface area contributed by atoms with Gasteiger partial charge < -0.3 is 15.3 Å². The molecule has 2 aliphatic rings. The minimum atomic E-state index is -0.540. The second-order valence-electron chi connectivity index (χ2n) is 6.59. The first-order chi connectivity index (χ1) is 11.2. The molecule has 2 heterocycles. The number of thiophene rings is 1. The summed E-state index contributed by atoms with van der Waals surface area (Å²) in [5.41, 5.74) is -0.540. The maximum Gasteiger partial charge on any atom is 0.194 e. The molecule has 5 nitrogen and oxygen atoms in total. The van der Waals surface area contributed by atoms with Crippen molar-refractivity contribution in [2.45, 2.75) is 38.3 Å². The van der Waals surface area contributed by atoms with Crippen molar-refractivity contribution in [1.29, 1.82) is 0 Å². The van der Waals surface area contributed by atoms with Crippen LogP contribution in [0.2, 0.25) is 0 Å². The summed E-state index contributed by atoms with van der Waals surface area (Å²) in [5, 5.41) is 15.8. The summed E-state index contributed by atoms with van der Waals surface area (Å²) in [4.78, 5) is 11.0. The molecular weight excluding hydrogens is 435 g/mol. The highest BCUT2D eigenvalue weighted by molar-refractivity contribution is 14.0. The average molecular weight is 464 g/mol. The quantitative estimate of drug-likeness (QED) is 0.399. The maximum absolute atomic E-state index is 10.3. The van der Waals surface area contributed by atoms with E-state index in [2.05, 4.69) is 39.6 Å². The lowest BCUT2D eigenvalue weighted by Gasteiger charge is -2.38. The molecule has 1 aliphatic heterocycles. The third-order valence-electron chi connectivity index (χ3n) is 4.77. The van der Waals surface area contributed by atoms with E-state index in [9.17, 15) is 5.11 Å². The molecule has 0 aromatic carbocycles. The van der Waals surface area contributed by atoms with Crippen LogP contribution in [0.5, 0.6) is 0 Å². The van der Waals surface area contributed by atoms with Crippen LogP contribution in [0.1, 0.15) is 31.1 Å². The Morgan fingerprint density at radius 2 is 2.08 bits per heavy atom. The topological polar surface area (TPSA) is 51.1 Å². The van der Waals surface area contributed by atoms with Gasteiger partial charge in [-0.05, 0) is 37.6 Å². The molecule has 0 spiro atoms. The van der Waals surface area contributed by atoms with Crippen LogP contribution in [0, 0.1) is 0 Å². The van der Waals surface area contributed by atoms with Crippen LogP contribution < -0.4 is 5.32 Å². The fraction of sp³-hybridized carbons (Fsp3) is 0.706. The van der Waals surface area contributed by atoms with Crippen molar-refractivity contribution >= 4 is 41.3 Å². The van der Waals surface area contributed by atoms with Crippen molar-refractivity contribution in [2.24, 2.45) is 4.99 Å². The molecule has 0 radical (unpaired) electrons. The van der Waals surface area contributed by atoms with Crippen molar-refractivity contribution in [2.75, 3.05) is 39.3 Å². The van der Waals surface area contributed by atoms with E-state index < -0.39 is 5.60 Å². The van der Waals surface area contributed by atoms with Crippen molar-refractivity contribution in [3.63, 3.8) is 0 Å². The molecule has 7 heteroatoms. The summed E-state index contributed by atoms with van der Waals surface area (Å²) in [6.45, 7) is 8.67.